The van der Waals surface area contributed by atoms with E-state index in [1.807, 2.05) is 60.8 Å². The van der Waals surface area contributed by atoms with Gasteiger partial charge in [0.05, 0.1) is 5.57 Å². The van der Waals surface area contributed by atoms with Gasteiger partial charge in [-0.25, -0.2) is 14.3 Å². The van der Waals surface area contributed by atoms with Crippen LogP contribution in [-0.4, -0.2) is 63.9 Å². The second-order valence-corrected chi connectivity index (χ2v) is 10.8. The molecule has 4 aromatic rings. The maximum absolute atomic E-state index is 13.2. The molecule has 1 aliphatic rings. The lowest BCUT2D eigenvalue weighted by Gasteiger charge is -2.29. The number of nitrogens with one attached hydrogen (secondary N) is 2. The molecular formula is C32H36N8O3. The zero-order valence-corrected chi connectivity index (χ0v) is 24.5. The molecule has 4 N–H and O–H groups in total. The minimum atomic E-state index is -0.622. The smallest absolute Gasteiger partial charge is 0.328 e. The number of anilines is 3. The zero-order valence-electron chi connectivity index (χ0n) is 24.5. The standard InChI is InChI=1S/C32H36N8O3/c1-21(2)39(32(43)38(3)26-7-5-4-6-8-26)18-24(19-41)31(42)37-25-11-9-22(10-12-25)27-17-28(23-13-15-34-16-14-23)40-29(27)30(33)35-20-36-40/h4-12,17-21,23,34H,13-16H2,1-3H3,(H,37,42)(H2,33,35,36)/b24-18+. The first-order chi connectivity index (χ1) is 20.8. The van der Waals surface area contributed by atoms with E-state index in [1.54, 1.807) is 19.2 Å². The number of piperidine rings is 1. The number of aldehydes is 1. The highest BCUT2D eigenvalue weighted by molar-refractivity contribution is 6.16. The summed E-state index contributed by atoms with van der Waals surface area (Å²) in [4.78, 5) is 45.4. The summed E-state index contributed by atoms with van der Waals surface area (Å²) in [5, 5.41) is 10.7. The number of fused-ring (bicyclic) bond motifs is 1. The molecular weight excluding hydrogens is 544 g/mol. The summed E-state index contributed by atoms with van der Waals surface area (Å²) in [5.74, 6) is 0.128. The molecule has 0 saturated carbocycles. The van der Waals surface area contributed by atoms with Crippen molar-refractivity contribution in [2.45, 2.75) is 38.6 Å². The third kappa shape index (κ3) is 6.26. The van der Waals surface area contributed by atoms with Gasteiger partial charge in [-0.15, -0.1) is 0 Å². The van der Waals surface area contributed by atoms with E-state index in [2.05, 4.69) is 26.8 Å². The third-order valence-electron chi connectivity index (χ3n) is 7.70. The van der Waals surface area contributed by atoms with Crippen LogP contribution in [0.2, 0.25) is 0 Å². The molecule has 5 rings (SSSR count). The first-order valence-electron chi connectivity index (χ1n) is 14.3. The van der Waals surface area contributed by atoms with Gasteiger partial charge in [-0.2, -0.15) is 5.10 Å². The fraction of sp³-hybridized carbons (Fsp3) is 0.281. The first-order valence-corrected chi connectivity index (χ1v) is 14.3. The Morgan fingerprint density at radius 1 is 1.09 bits per heavy atom. The highest BCUT2D eigenvalue weighted by Gasteiger charge is 2.24. The summed E-state index contributed by atoms with van der Waals surface area (Å²) in [6, 6.07) is 17.9. The number of carbonyl (C=O) groups is 3. The number of hydrogen-bond donors (Lipinski definition) is 3. The molecule has 0 unspecified atom stereocenters. The number of urea groups is 1. The van der Waals surface area contributed by atoms with E-state index < -0.39 is 5.91 Å². The lowest BCUT2D eigenvalue weighted by atomic mass is 9.94. The molecule has 1 aliphatic heterocycles. The van der Waals surface area contributed by atoms with Crippen molar-refractivity contribution in [1.29, 1.82) is 0 Å². The summed E-state index contributed by atoms with van der Waals surface area (Å²) >= 11 is 0. The van der Waals surface area contributed by atoms with E-state index in [0.29, 0.717) is 29.4 Å². The number of hydrogen-bond acceptors (Lipinski definition) is 7. The lowest BCUT2D eigenvalue weighted by molar-refractivity contribution is -0.115. The van der Waals surface area contributed by atoms with Gasteiger partial charge >= 0.3 is 6.03 Å². The zero-order chi connectivity index (χ0) is 30.5. The summed E-state index contributed by atoms with van der Waals surface area (Å²) in [6.07, 6.45) is 5.24. The highest BCUT2D eigenvalue weighted by Crippen LogP contribution is 2.36. The molecule has 1 fully saturated rings. The van der Waals surface area contributed by atoms with Gasteiger partial charge < -0.3 is 16.4 Å². The Morgan fingerprint density at radius 3 is 2.44 bits per heavy atom. The van der Waals surface area contributed by atoms with E-state index in [1.165, 1.54) is 22.3 Å². The average Bonchev–Trinajstić information content (AvgIpc) is 3.43. The molecule has 0 radical (unpaired) electrons. The van der Waals surface area contributed by atoms with Crippen LogP contribution in [0.5, 0.6) is 0 Å². The molecule has 3 heterocycles. The fourth-order valence-electron chi connectivity index (χ4n) is 5.31. The van der Waals surface area contributed by atoms with Crippen LogP contribution in [0.3, 0.4) is 0 Å². The van der Waals surface area contributed by atoms with Gasteiger partial charge in [0.2, 0.25) is 0 Å². The monoisotopic (exact) mass is 580 g/mol. The van der Waals surface area contributed by atoms with Gasteiger partial charge in [-0.1, -0.05) is 30.3 Å². The molecule has 3 amide bonds. The molecule has 43 heavy (non-hydrogen) atoms. The Labute approximate surface area is 250 Å². The number of amides is 3. The van der Waals surface area contributed by atoms with Gasteiger partial charge in [0.1, 0.15) is 11.8 Å². The highest BCUT2D eigenvalue weighted by atomic mass is 16.2. The Bertz CT molecular complexity index is 1640. The normalized spacial score (nSPS) is 14.1. The van der Waals surface area contributed by atoms with Crippen molar-refractivity contribution in [3.05, 3.63) is 84.5 Å². The van der Waals surface area contributed by atoms with Gasteiger partial charge in [0.25, 0.3) is 5.91 Å². The average molecular weight is 581 g/mol. The number of benzene rings is 2. The minimum absolute atomic E-state index is 0.178. The largest absolute Gasteiger partial charge is 0.382 e. The number of carbonyl (C=O) groups excluding carboxylic acids is 3. The van der Waals surface area contributed by atoms with Crippen LogP contribution in [0.25, 0.3) is 16.6 Å². The quantitative estimate of drug-likeness (QED) is 0.121. The number of para-hydroxylation sites is 1. The maximum atomic E-state index is 13.2. The molecule has 2 aromatic heterocycles. The van der Waals surface area contributed by atoms with E-state index in [9.17, 15) is 14.4 Å². The number of nitrogens with two attached hydrogens (primary N) is 1. The van der Waals surface area contributed by atoms with Crippen LogP contribution in [0.4, 0.5) is 22.0 Å². The van der Waals surface area contributed by atoms with Crippen molar-refractivity contribution < 1.29 is 14.4 Å². The molecule has 0 atom stereocenters. The second kappa shape index (κ2) is 12.9. The van der Waals surface area contributed by atoms with Crippen LogP contribution >= 0.6 is 0 Å². The van der Waals surface area contributed by atoms with Crippen LogP contribution in [0.1, 0.15) is 38.3 Å². The molecule has 11 nitrogen and oxygen atoms in total. The molecule has 2 aromatic carbocycles. The van der Waals surface area contributed by atoms with Crippen molar-refractivity contribution >= 4 is 40.9 Å². The fourth-order valence-corrected chi connectivity index (χ4v) is 5.31. The van der Waals surface area contributed by atoms with Crippen molar-refractivity contribution in [3.8, 4) is 11.1 Å². The number of rotatable bonds is 8. The molecule has 222 valence electrons. The number of nitrogens with zero attached hydrogens (tertiary/aromatic N) is 5. The maximum Gasteiger partial charge on any atom is 0.328 e. The molecule has 11 heteroatoms. The molecule has 0 aliphatic carbocycles. The summed E-state index contributed by atoms with van der Waals surface area (Å²) in [7, 11) is 1.65. The Hall–Kier alpha value is -5.03. The molecule has 0 bridgehead atoms. The second-order valence-electron chi connectivity index (χ2n) is 10.8. The first kappa shape index (κ1) is 29.5. The van der Waals surface area contributed by atoms with Crippen LogP contribution in [-0.2, 0) is 9.59 Å². The third-order valence-corrected chi connectivity index (χ3v) is 7.70. The van der Waals surface area contributed by atoms with Crippen LogP contribution in [0, 0.1) is 0 Å². The summed E-state index contributed by atoms with van der Waals surface area (Å²) in [6.45, 7) is 5.52. The van der Waals surface area contributed by atoms with Crippen LogP contribution < -0.4 is 21.3 Å². The number of aromatic nitrogens is 3. The Kier molecular flexibility index (Phi) is 8.82. The summed E-state index contributed by atoms with van der Waals surface area (Å²) in [5.41, 5.74) is 11.0. The van der Waals surface area contributed by atoms with Gasteiger partial charge in [-0.3, -0.25) is 19.4 Å². The number of nitrogen functional groups attached to an aromatic ring is 1. The van der Waals surface area contributed by atoms with Crippen molar-refractivity contribution in [1.82, 2.24) is 24.8 Å². The Balaban J connectivity index is 1.36. The van der Waals surface area contributed by atoms with E-state index in [4.69, 9.17) is 5.73 Å². The molecule has 0 spiro atoms. The van der Waals surface area contributed by atoms with Crippen molar-refractivity contribution in [2.24, 2.45) is 0 Å². The van der Waals surface area contributed by atoms with Gasteiger partial charge in [-0.05, 0) is 75.7 Å². The van der Waals surface area contributed by atoms with Crippen molar-refractivity contribution in [3.63, 3.8) is 0 Å². The Morgan fingerprint density at radius 2 is 1.79 bits per heavy atom. The SMILES string of the molecule is CC(C)N(/C=C(\C=O)C(=O)Nc1ccc(-c2cc(C3CCNCC3)n3ncnc(N)c23)cc1)C(=O)N(C)c1ccccc1. The van der Waals surface area contributed by atoms with Gasteiger partial charge in [0, 0.05) is 47.8 Å². The van der Waals surface area contributed by atoms with Crippen molar-refractivity contribution in [2.75, 3.05) is 36.1 Å². The van der Waals surface area contributed by atoms with Crippen LogP contribution in [0.15, 0.2) is 78.8 Å². The minimum Gasteiger partial charge on any atom is -0.382 e. The molecule has 1 saturated heterocycles. The van der Waals surface area contributed by atoms with E-state index >= 15 is 0 Å². The lowest BCUT2D eigenvalue weighted by Crippen LogP contribution is -2.42. The van der Waals surface area contributed by atoms with E-state index in [-0.39, 0.29) is 17.6 Å². The predicted molar refractivity (Wildman–Crippen MR) is 168 cm³/mol. The summed E-state index contributed by atoms with van der Waals surface area (Å²) < 4.78 is 1.89. The topological polar surface area (TPSA) is 138 Å². The predicted octanol–water partition coefficient (Wildman–Crippen LogP) is 4.43. The van der Waals surface area contributed by atoms with E-state index in [0.717, 1.165) is 48.3 Å². The van der Waals surface area contributed by atoms with Gasteiger partial charge in [0.15, 0.2) is 12.1 Å².